The summed E-state index contributed by atoms with van der Waals surface area (Å²) < 4.78 is 0. The van der Waals surface area contributed by atoms with Gasteiger partial charge in [0.15, 0.2) is 0 Å². The fourth-order valence-corrected chi connectivity index (χ4v) is 3.44. The lowest BCUT2D eigenvalue weighted by atomic mass is 9.74. The number of aryl methyl sites for hydroxylation is 2. The van der Waals surface area contributed by atoms with Crippen molar-refractivity contribution in [3.05, 3.63) is 70.3 Å². The van der Waals surface area contributed by atoms with Gasteiger partial charge in [0, 0.05) is 0 Å². The third-order valence-electron chi connectivity index (χ3n) is 4.61. The highest BCUT2D eigenvalue weighted by molar-refractivity contribution is 5.39. The van der Waals surface area contributed by atoms with E-state index in [-0.39, 0.29) is 0 Å². The van der Waals surface area contributed by atoms with Crippen molar-refractivity contribution < 1.29 is 0 Å². The molecule has 0 saturated carbocycles. The summed E-state index contributed by atoms with van der Waals surface area (Å²) in [6, 6.07) is 15.9. The van der Waals surface area contributed by atoms with Crippen LogP contribution in [0.15, 0.2) is 42.5 Å². The topological polar surface area (TPSA) is 26.0 Å². The Labute approximate surface area is 121 Å². The minimum absolute atomic E-state index is 0.505. The van der Waals surface area contributed by atoms with Crippen LogP contribution in [0, 0.1) is 13.8 Å². The van der Waals surface area contributed by atoms with Crippen LogP contribution in [0.4, 0.5) is 0 Å². The van der Waals surface area contributed by atoms with Crippen LogP contribution in [-0.4, -0.2) is 6.54 Å². The van der Waals surface area contributed by atoms with Crippen LogP contribution in [0.3, 0.4) is 0 Å². The molecule has 1 aliphatic carbocycles. The van der Waals surface area contributed by atoms with Gasteiger partial charge in [-0.3, -0.25) is 0 Å². The largest absolute Gasteiger partial charge is 0.330 e. The SMILES string of the molecule is Cc1ccc(C2Cc3cc(C)ccc3C(CN)C2)cc1. The zero-order chi connectivity index (χ0) is 14.1. The Morgan fingerprint density at radius 2 is 1.70 bits per heavy atom. The van der Waals surface area contributed by atoms with E-state index in [1.165, 1.54) is 34.2 Å². The van der Waals surface area contributed by atoms with Gasteiger partial charge in [-0.1, -0.05) is 53.6 Å². The van der Waals surface area contributed by atoms with E-state index >= 15 is 0 Å². The van der Waals surface area contributed by atoms with E-state index in [0.29, 0.717) is 11.8 Å². The molecule has 0 heterocycles. The molecule has 0 fully saturated rings. The smallest absolute Gasteiger partial charge is 0.000791 e. The first-order valence-corrected chi connectivity index (χ1v) is 7.53. The Kier molecular flexibility index (Phi) is 3.62. The summed E-state index contributed by atoms with van der Waals surface area (Å²) in [6.07, 6.45) is 2.33. The van der Waals surface area contributed by atoms with Crippen LogP contribution in [0.1, 0.15) is 46.1 Å². The van der Waals surface area contributed by atoms with E-state index < -0.39 is 0 Å². The lowest BCUT2D eigenvalue weighted by Gasteiger charge is -2.31. The van der Waals surface area contributed by atoms with Crippen molar-refractivity contribution in [1.29, 1.82) is 0 Å². The summed E-state index contributed by atoms with van der Waals surface area (Å²) in [4.78, 5) is 0. The van der Waals surface area contributed by atoms with Gasteiger partial charge in [-0.2, -0.15) is 0 Å². The highest BCUT2D eigenvalue weighted by Gasteiger charge is 2.26. The standard InChI is InChI=1S/C19H23N/c1-13-3-6-15(7-4-13)16-10-17-9-14(2)5-8-19(17)18(11-16)12-20/h3-9,16,18H,10-12,20H2,1-2H3. The maximum Gasteiger partial charge on any atom is -0.000791 e. The number of hydrogen-bond donors (Lipinski definition) is 1. The first-order chi connectivity index (χ1) is 9.67. The minimum atomic E-state index is 0.505. The van der Waals surface area contributed by atoms with Gasteiger partial charge in [0.1, 0.15) is 0 Å². The Balaban J connectivity index is 1.95. The first-order valence-electron chi connectivity index (χ1n) is 7.53. The monoisotopic (exact) mass is 265 g/mol. The number of rotatable bonds is 2. The van der Waals surface area contributed by atoms with Gasteiger partial charge in [-0.15, -0.1) is 0 Å². The number of fused-ring (bicyclic) bond motifs is 1. The molecular weight excluding hydrogens is 242 g/mol. The second kappa shape index (κ2) is 5.41. The molecule has 1 aliphatic rings. The lowest BCUT2D eigenvalue weighted by Crippen LogP contribution is -2.23. The summed E-state index contributed by atoms with van der Waals surface area (Å²) in [6.45, 7) is 5.07. The molecule has 3 rings (SSSR count). The Bertz CT molecular complexity index is 598. The molecule has 1 nitrogen and oxygen atoms in total. The molecule has 2 aromatic rings. The summed E-state index contributed by atoms with van der Waals surface area (Å²) in [5, 5.41) is 0. The molecule has 20 heavy (non-hydrogen) atoms. The van der Waals surface area contributed by atoms with E-state index in [9.17, 15) is 0 Å². The number of benzene rings is 2. The van der Waals surface area contributed by atoms with Crippen LogP contribution in [0.5, 0.6) is 0 Å². The molecule has 0 radical (unpaired) electrons. The molecule has 0 aliphatic heterocycles. The molecule has 0 spiro atoms. The van der Waals surface area contributed by atoms with E-state index in [2.05, 4.69) is 56.3 Å². The highest BCUT2D eigenvalue weighted by atomic mass is 14.6. The summed E-state index contributed by atoms with van der Waals surface area (Å²) in [7, 11) is 0. The quantitative estimate of drug-likeness (QED) is 0.870. The van der Waals surface area contributed by atoms with Gasteiger partial charge in [0.2, 0.25) is 0 Å². The maximum absolute atomic E-state index is 6.02. The summed E-state index contributed by atoms with van der Waals surface area (Å²) >= 11 is 0. The summed E-state index contributed by atoms with van der Waals surface area (Å²) in [5.74, 6) is 1.11. The van der Waals surface area contributed by atoms with Gasteiger partial charge < -0.3 is 5.73 Å². The maximum atomic E-state index is 6.02. The number of hydrogen-bond acceptors (Lipinski definition) is 1. The third kappa shape index (κ3) is 2.51. The van der Waals surface area contributed by atoms with Gasteiger partial charge in [-0.25, -0.2) is 0 Å². The molecule has 2 aromatic carbocycles. The molecule has 2 N–H and O–H groups in total. The van der Waals surface area contributed by atoms with Crippen LogP contribution >= 0.6 is 0 Å². The predicted molar refractivity (Wildman–Crippen MR) is 85.2 cm³/mol. The van der Waals surface area contributed by atoms with Crippen molar-refractivity contribution in [2.24, 2.45) is 5.73 Å². The average Bonchev–Trinajstić information content (AvgIpc) is 2.46. The molecule has 0 aromatic heterocycles. The Morgan fingerprint density at radius 3 is 2.40 bits per heavy atom. The first kappa shape index (κ1) is 13.4. The molecule has 104 valence electrons. The second-order valence-electron chi connectivity index (χ2n) is 6.18. The molecule has 0 bridgehead atoms. The van der Waals surface area contributed by atoms with Gasteiger partial charge in [-0.05, 0) is 61.8 Å². The molecular formula is C19H23N. The van der Waals surface area contributed by atoms with Gasteiger partial charge in [0.25, 0.3) is 0 Å². The average molecular weight is 265 g/mol. The summed E-state index contributed by atoms with van der Waals surface area (Å²) in [5.41, 5.74) is 13.1. The number of nitrogens with two attached hydrogens (primary N) is 1. The fourth-order valence-electron chi connectivity index (χ4n) is 3.44. The molecule has 2 atom stereocenters. The van der Waals surface area contributed by atoms with E-state index in [1.54, 1.807) is 0 Å². The van der Waals surface area contributed by atoms with Crippen LogP contribution in [0.2, 0.25) is 0 Å². The molecule has 0 saturated heterocycles. The lowest BCUT2D eigenvalue weighted by molar-refractivity contribution is 0.497. The highest BCUT2D eigenvalue weighted by Crippen LogP contribution is 2.39. The zero-order valence-corrected chi connectivity index (χ0v) is 12.4. The van der Waals surface area contributed by atoms with Crippen molar-refractivity contribution >= 4 is 0 Å². The minimum Gasteiger partial charge on any atom is -0.330 e. The van der Waals surface area contributed by atoms with Crippen molar-refractivity contribution in [3.63, 3.8) is 0 Å². The molecule has 1 heteroatoms. The molecule has 2 unspecified atom stereocenters. The van der Waals surface area contributed by atoms with Crippen LogP contribution in [0.25, 0.3) is 0 Å². The molecule has 0 amide bonds. The van der Waals surface area contributed by atoms with Crippen molar-refractivity contribution in [2.75, 3.05) is 6.54 Å². The van der Waals surface area contributed by atoms with E-state index in [4.69, 9.17) is 5.73 Å². The second-order valence-corrected chi connectivity index (χ2v) is 6.18. The van der Waals surface area contributed by atoms with Crippen molar-refractivity contribution in [2.45, 2.75) is 38.5 Å². The normalized spacial score (nSPS) is 21.6. The van der Waals surface area contributed by atoms with E-state index in [1.807, 2.05) is 0 Å². The zero-order valence-electron chi connectivity index (χ0n) is 12.4. The van der Waals surface area contributed by atoms with E-state index in [0.717, 1.165) is 13.0 Å². The van der Waals surface area contributed by atoms with Crippen LogP contribution in [-0.2, 0) is 6.42 Å². The van der Waals surface area contributed by atoms with Gasteiger partial charge in [0.05, 0.1) is 0 Å². The Morgan fingerprint density at radius 1 is 1.00 bits per heavy atom. The van der Waals surface area contributed by atoms with Crippen molar-refractivity contribution in [1.82, 2.24) is 0 Å². The Hall–Kier alpha value is -1.60. The predicted octanol–water partition coefficient (Wildman–Crippen LogP) is 4.08. The van der Waals surface area contributed by atoms with Gasteiger partial charge >= 0.3 is 0 Å². The van der Waals surface area contributed by atoms with Crippen LogP contribution < -0.4 is 5.73 Å². The third-order valence-corrected chi connectivity index (χ3v) is 4.61. The van der Waals surface area contributed by atoms with Crippen molar-refractivity contribution in [3.8, 4) is 0 Å². The fraction of sp³-hybridized carbons (Fsp3) is 0.368.